The summed E-state index contributed by atoms with van der Waals surface area (Å²) in [4.78, 5) is 4.25. The van der Waals surface area contributed by atoms with E-state index < -0.39 is 0 Å². The molecule has 0 aliphatic heterocycles. The van der Waals surface area contributed by atoms with E-state index in [-0.39, 0.29) is 6.01 Å². The molecule has 1 heterocycles. The summed E-state index contributed by atoms with van der Waals surface area (Å²) in [5.74, 6) is 2.31. The minimum atomic E-state index is 0.246. The number of nitrogens with zero attached hydrogens (tertiary/aromatic N) is 3. The minimum Gasteiger partial charge on any atom is -0.402 e. The third kappa shape index (κ3) is 7.17. The van der Waals surface area contributed by atoms with Gasteiger partial charge in [-0.2, -0.15) is 4.99 Å². The van der Waals surface area contributed by atoms with Gasteiger partial charge in [0.25, 0.3) is 0 Å². The van der Waals surface area contributed by atoms with Gasteiger partial charge >= 0.3 is 6.01 Å². The molecule has 0 amide bonds. The predicted octanol–water partition coefficient (Wildman–Crippen LogP) is 5.84. The molecule has 6 heteroatoms. The molecule has 0 bridgehead atoms. The third-order valence-corrected chi connectivity index (χ3v) is 6.39. The Bertz CT molecular complexity index is 838. The van der Waals surface area contributed by atoms with Crippen LogP contribution in [-0.2, 0) is 11.2 Å². The summed E-state index contributed by atoms with van der Waals surface area (Å²) >= 11 is 0. The topological polar surface area (TPSA) is 86.5 Å². The average molecular weight is 425 g/mol. The van der Waals surface area contributed by atoms with Gasteiger partial charge in [-0.05, 0) is 68.6 Å². The molecule has 1 aromatic carbocycles. The molecule has 2 aliphatic carbocycles. The van der Waals surface area contributed by atoms with Crippen molar-refractivity contribution in [3.05, 3.63) is 29.8 Å². The Balaban J connectivity index is 1.14. The Labute approximate surface area is 185 Å². The molecule has 0 saturated heterocycles. The van der Waals surface area contributed by atoms with Crippen molar-refractivity contribution >= 4 is 11.9 Å². The van der Waals surface area contributed by atoms with Crippen molar-refractivity contribution in [2.45, 2.75) is 77.0 Å². The van der Waals surface area contributed by atoms with Gasteiger partial charge in [-0.25, -0.2) is 0 Å². The van der Waals surface area contributed by atoms with Gasteiger partial charge in [-0.1, -0.05) is 49.3 Å². The van der Waals surface area contributed by atoms with Gasteiger partial charge in [0.1, 0.15) is 5.84 Å². The Hall–Kier alpha value is -2.21. The quantitative estimate of drug-likeness (QED) is 0.263. The second-order valence-electron chi connectivity index (χ2n) is 9.14. The molecule has 0 spiro atoms. The van der Waals surface area contributed by atoms with Gasteiger partial charge < -0.3 is 14.9 Å². The van der Waals surface area contributed by atoms with Crippen LogP contribution in [0.4, 0.5) is 6.01 Å². The number of nitrogens with two attached hydrogens (primary N) is 1. The summed E-state index contributed by atoms with van der Waals surface area (Å²) in [6.07, 6.45) is 15.0. The minimum absolute atomic E-state index is 0.246. The van der Waals surface area contributed by atoms with E-state index in [1.54, 1.807) is 0 Å². The van der Waals surface area contributed by atoms with E-state index in [1.807, 2.05) is 6.07 Å². The van der Waals surface area contributed by atoms with E-state index >= 15 is 0 Å². The largest absolute Gasteiger partial charge is 0.402 e. The average Bonchev–Trinajstić information content (AvgIpc) is 3.56. The van der Waals surface area contributed by atoms with Gasteiger partial charge in [0.2, 0.25) is 5.89 Å². The molecule has 0 unspecified atom stereocenters. The Morgan fingerprint density at radius 3 is 2.71 bits per heavy atom. The van der Waals surface area contributed by atoms with E-state index in [0.717, 1.165) is 44.0 Å². The van der Waals surface area contributed by atoms with Crippen LogP contribution < -0.4 is 5.73 Å². The molecule has 2 N–H and O–H groups in total. The fourth-order valence-corrected chi connectivity index (χ4v) is 4.31. The zero-order chi connectivity index (χ0) is 21.3. The van der Waals surface area contributed by atoms with Gasteiger partial charge in [-0.15, -0.1) is 5.10 Å². The fraction of sp³-hybridized carbons (Fsp3) is 0.640. The van der Waals surface area contributed by atoms with Gasteiger partial charge in [0.05, 0.1) is 0 Å². The predicted molar refractivity (Wildman–Crippen MR) is 123 cm³/mol. The van der Waals surface area contributed by atoms with Crippen LogP contribution in [-0.4, -0.2) is 29.2 Å². The highest BCUT2D eigenvalue weighted by Crippen LogP contribution is 2.30. The molecular formula is C25H36N4O2. The lowest BCUT2D eigenvalue weighted by atomic mass is 9.90. The first-order chi connectivity index (χ1) is 15.3. The van der Waals surface area contributed by atoms with Crippen molar-refractivity contribution < 1.29 is 9.15 Å². The lowest BCUT2D eigenvalue weighted by Gasteiger charge is -2.21. The number of hydrogen-bond donors (Lipinski definition) is 1. The summed E-state index contributed by atoms with van der Waals surface area (Å²) in [7, 11) is 0. The van der Waals surface area contributed by atoms with Crippen molar-refractivity contribution in [3.63, 3.8) is 0 Å². The highest BCUT2D eigenvalue weighted by atomic mass is 16.5. The lowest BCUT2D eigenvalue weighted by Crippen LogP contribution is -2.13. The molecule has 2 aliphatic rings. The van der Waals surface area contributed by atoms with E-state index in [9.17, 15) is 0 Å². The van der Waals surface area contributed by atoms with Gasteiger partial charge in [0.15, 0.2) is 0 Å². The molecule has 1 aromatic heterocycles. The van der Waals surface area contributed by atoms with E-state index in [1.165, 1.54) is 63.4 Å². The second kappa shape index (κ2) is 11.4. The number of ether oxygens (including phenoxy) is 1. The van der Waals surface area contributed by atoms with Crippen LogP contribution in [0.2, 0.25) is 0 Å². The highest BCUT2D eigenvalue weighted by Gasteiger charge is 2.26. The van der Waals surface area contributed by atoms with Crippen LogP contribution in [0.1, 0.15) is 76.2 Å². The molecule has 4 rings (SSSR count). The molecular weight excluding hydrogens is 388 g/mol. The number of amidine groups is 1. The van der Waals surface area contributed by atoms with Crippen LogP contribution in [0, 0.1) is 11.8 Å². The fourth-order valence-electron chi connectivity index (χ4n) is 4.31. The molecule has 6 nitrogen and oxygen atoms in total. The smallest absolute Gasteiger partial charge is 0.344 e. The van der Waals surface area contributed by atoms with E-state index in [4.69, 9.17) is 14.9 Å². The van der Waals surface area contributed by atoms with Gasteiger partial charge in [0, 0.05) is 24.7 Å². The Morgan fingerprint density at radius 1 is 1.03 bits per heavy atom. The first-order valence-electron chi connectivity index (χ1n) is 12.1. The van der Waals surface area contributed by atoms with Crippen molar-refractivity contribution in [2.24, 2.45) is 22.6 Å². The summed E-state index contributed by atoms with van der Waals surface area (Å²) < 4.78 is 11.6. The van der Waals surface area contributed by atoms with Gasteiger partial charge in [-0.3, -0.25) is 0 Å². The van der Waals surface area contributed by atoms with Crippen molar-refractivity contribution in [1.82, 2.24) is 10.2 Å². The summed E-state index contributed by atoms with van der Waals surface area (Å²) in [5, 5.41) is 8.16. The van der Waals surface area contributed by atoms with Crippen LogP contribution in [0.15, 0.2) is 33.7 Å². The number of aliphatic imine (C=N–C) groups is 1. The van der Waals surface area contributed by atoms with Crippen molar-refractivity contribution in [2.75, 3.05) is 13.2 Å². The maximum atomic E-state index is 5.94. The SMILES string of the molecule is NC(=Nc1nnc(-c2cccc(CCCCCCOCC3CCCCC3)c2)o1)C1CC1. The number of benzene rings is 1. The first-order valence-corrected chi connectivity index (χ1v) is 12.1. The molecule has 31 heavy (non-hydrogen) atoms. The summed E-state index contributed by atoms with van der Waals surface area (Å²) in [6.45, 7) is 1.89. The number of rotatable bonds is 12. The van der Waals surface area contributed by atoms with Crippen LogP contribution in [0.25, 0.3) is 11.5 Å². The second-order valence-corrected chi connectivity index (χ2v) is 9.14. The molecule has 0 radical (unpaired) electrons. The number of aryl methyl sites for hydroxylation is 1. The van der Waals surface area contributed by atoms with Crippen LogP contribution in [0.3, 0.4) is 0 Å². The third-order valence-electron chi connectivity index (χ3n) is 6.39. The Morgan fingerprint density at radius 2 is 1.87 bits per heavy atom. The van der Waals surface area contributed by atoms with E-state index in [2.05, 4.69) is 33.4 Å². The number of aromatic nitrogens is 2. The van der Waals surface area contributed by atoms with Crippen molar-refractivity contribution in [3.8, 4) is 11.5 Å². The van der Waals surface area contributed by atoms with Crippen LogP contribution >= 0.6 is 0 Å². The molecule has 2 fully saturated rings. The Kier molecular flexibility index (Phi) is 8.11. The maximum Gasteiger partial charge on any atom is 0.344 e. The first kappa shape index (κ1) is 22.0. The zero-order valence-electron chi connectivity index (χ0n) is 18.6. The molecule has 2 saturated carbocycles. The normalized spacial score (nSPS) is 17.9. The molecule has 2 aromatic rings. The summed E-state index contributed by atoms with van der Waals surface area (Å²) in [6, 6.07) is 8.60. The monoisotopic (exact) mass is 424 g/mol. The molecule has 168 valence electrons. The standard InChI is InChI=1S/C25H36N4O2/c26-23(21-14-15-21)27-25-29-28-24(31-25)22-13-8-12-19(17-22)9-4-1-2-7-16-30-18-20-10-5-3-6-11-20/h8,12-13,17,20-21H,1-7,9-11,14-16,18H2,(H2,26,27,29). The zero-order valence-corrected chi connectivity index (χ0v) is 18.6. The van der Waals surface area contributed by atoms with Crippen LogP contribution in [0.5, 0.6) is 0 Å². The maximum absolute atomic E-state index is 5.94. The number of unbranched alkanes of at least 4 members (excludes halogenated alkanes) is 3. The lowest BCUT2D eigenvalue weighted by molar-refractivity contribution is 0.0824. The summed E-state index contributed by atoms with van der Waals surface area (Å²) in [5.41, 5.74) is 8.17. The molecule has 0 atom stereocenters. The number of hydrogen-bond acceptors (Lipinski definition) is 5. The van der Waals surface area contributed by atoms with Crippen molar-refractivity contribution in [1.29, 1.82) is 0 Å². The highest BCUT2D eigenvalue weighted by molar-refractivity contribution is 5.86. The van der Waals surface area contributed by atoms with E-state index in [0.29, 0.717) is 17.6 Å².